The first-order valence-electron chi connectivity index (χ1n) is 8.60. The van der Waals surface area contributed by atoms with E-state index >= 15 is 0 Å². The number of nitrogens with one attached hydrogen (secondary N) is 2. The van der Waals surface area contributed by atoms with Crippen molar-refractivity contribution >= 4 is 41.0 Å². The summed E-state index contributed by atoms with van der Waals surface area (Å²) in [4.78, 5) is 24.8. The smallest absolute Gasteiger partial charge is 0.257 e. The SMILES string of the molecule is CSCCCNC(=O)c1ccc2c(c1)/C(=C\n1c(C)ccc1C)C(=O)N2. The van der Waals surface area contributed by atoms with Crippen LogP contribution in [0.25, 0.3) is 11.8 Å². The second-order valence-electron chi connectivity index (χ2n) is 6.35. The zero-order chi connectivity index (χ0) is 18.7. The van der Waals surface area contributed by atoms with Gasteiger partial charge in [-0.2, -0.15) is 11.8 Å². The van der Waals surface area contributed by atoms with E-state index in [1.165, 1.54) is 0 Å². The summed E-state index contributed by atoms with van der Waals surface area (Å²) in [7, 11) is 0. The number of rotatable bonds is 6. The molecule has 0 spiro atoms. The number of hydrogen-bond donors (Lipinski definition) is 2. The molecule has 2 aromatic rings. The summed E-state index contributed by atoms with van der Waals surface area (Å²) in [5.74, 6) is 0.761. The van der Waals surface area contributed by atoms with Gasteiger partial charge in [0.25, 0.3) is 11.8 Å². The van der Waals surface area contributed by atoms with Gasteiger partial charge in [-0.25, -0.2) is 0 Å². The monoisotopic (exact) mass is 369 g/mol. The topological polar surface area (TPSA) is 63.1 Å². The molecular weight excluding hydrogens is 346 g/mol. The number of amides is 2. The molecule has 136 valence electrons. The summed E-state index contributed by atoms with van der Waals surface area (Å²) in [5, 5.41) is 5.80. The third-order valence-electron chi connectivity index (χ3n) is 4.46. The maximum atomic E-state index is 12.4. The lowest BCUT2D eigenvalue weighted by atomic mass is 10.0. The lowest BCUT2D eigenvalue weighted by Crippen LogP contribution is -2.24. The van der Waals surface area contributed by atoms with E-state index in [0.29, 0.717) is 17.7 Å². The number of benzene rings is 1. The molecule has 0 saturated carbocycles. The van der Waals surface area contributed by atoms with Crippen LogP contribution in [0.15, 0.2) is 30.3 Å². The largest absolute Gasteiger partial charge is 0.352 e. The first-order chi connectivity index (χ1) is 12.5. The summed E-state index contributed by atoms with van der Waals surface area (Å²) in [6.45, 7) is 4.64. The van der Waals surface area contributed by atoms with Gasteiger partial charge in [0.05, 0.1) is 5.57 Å². The van der Waals surface area contributed by atoms with Gasteiger partial charge in [-0.1, -0.05) is 0 Å². The quantitative estimate of drug-likeness (QED) is 0.605. The predicted octanol–water partition coefficient (Wildman–Crippen LogP) is 3.54. The average molecular weight is 369 g/mol. The van der Waals surface area contributed by atoms with Crippen molar-refractivity contribution < 1.29 is 9.59 Å². The third-order valence-corrected chi connectivity index (χ3v) is 5.16. The molecule has 0 bridgehead atoms. The highest BCUT2D eigenvalue weighted by Gasteiger charge is 2.25. The maximum absolute atomic E-state index is 12.4. The Labute approximate surface area is 157 Å². The van der Waals surface area contributed by atoms with Gasteiger partial charge in [-0.3, -0.25) is 9.59 Å². The minimum Gasteiger partial charge on any atom is -0.352 e. The van der Waals surface area contributed by atoms with Gasteiger partial charge in [0.1, 0.15) is 0 Å². The third kappa shape index (κ3) is 3.70. The lowest BCUT2D eigenvalue weighted by molar-refractivity contribution is -0.110. The number of carbonyl (C=O) groups is 2. The fraction of sp³-hybridized carbons (Fsp3) is 0.300. The van der Waals surface area contributed by atoms with Gasteiger partial charge >= 0.3 is 0 Å². The van der Waals surface area contributed by atoms with Crippen LogP contribution in [0.1, 0.15) is 33.7 Å². The Hall–Kier alpha value is -2.47. The molecule has 1 aliphatic rings. The molecule has 6 heteroatoms. The van der Waals surface area contributed by atoms with E-state index in [0.717, 1.165) is 34.8 Å². The van der Waals surface area contributed by atoms with Gasteiger partial charge in [0.2, 0.25) is 0 Å². The van der Waals surface area contributed by atoms with Crippen molar-refractivity contribution in [2.45, 2.75) is 20.3 Å². The normalized spacial score (nSPS) is 14.4. The molecule has 1 aromatic heterocycles. The molecule has 26 heavy (non-hydrogen) atoms. The zero-order valence-corrected chi connectivity index (χ0v) is 16.1. The first kappa shape index (κ1) is 18.3. The molecule has 2 N–H and O–H groups in total. The van der Waals surface area contributed by atoms with E-state index < -0.39 is 0 Å². The molecule has 1 aliphatic heterocycles. The standard InChI is InChI=1S/C20H23N3O2S/c1-13-5-6-14(2)23(13)12-17-16-11-15(7-8-18(16)22-20(17)25)19(24)21-9-4-10-26-3/h5-8,11-12H,4,9-10H2,1-3H3,(H,21,24)(H,22,25)/b17-12+. The number of hydrogen-bond acceptors (Lipinski definition) is 3. The fourth-order valence-electron chi connectivity index (χ4n) is 2.99. The van der Waals surface area contributed by atoms with Gasteiger partial charge < -0.3 is 15.2 Å². The van der Waals surface area contributed by atoms with Crippen LogP contribution < -0.4 is 10.6 Å². The number of anilines is 1. The number of nitrogens with zero attached hydrogens (tertiary/aromatic N) is 1. The molecule has 0 aliphatic carbocycles. The van der Waals surface area contributed by atoms with Crippen molar-refractivity contribution in [3.05, 3.63) is 52.8 Å². The minimum atomic E-state index is -0.148. The van der Waals surface area contributed by atoms with Crippen molar-refractivity contribution in [3.8, 4) is 0 Å². The Morgan fingerprint density at radius 1 is 1.23 bits per heavy atom. The summed E-state index contributed by atoms with van der Waals surface area (Å²) in [6, 6.07) is 9.35. The summed E-state index contributed by atoms with van der Waals surface area (Å²) in [6.07, 6.45) is 4.83. The van der Waals surface area contributed by atoms with Crippen LogP contribution in [0.5, 0.6) is 0 Å². The van der Waals surface area contributed by atoms with Gasteiger partial charge in [0, 0.05) is 40.9 Å². The molecule has 0 radical (unpaired) electrons. The summed E-state index contributed by atoms with van der Waals surface area (Å²) < 4.78 is 1.99. The van der Waals surface area contributed by atoms with Crippen LogP contribution in [-0.4, -0.2) is 34.9 Å². The van der Waals surface area contributed by atoms with E-state index in [2.05, 4.69) is 10.6 Å². The van der Waals surface area contributed by atoms with Crippen LogP contribution in [0.3, 0.4) is 0 Å². The fourth-order valence-corrected chi connectivity index (χ4v) is 3.42. The van der Waals surface area contributed by atoms with Crippen molar-refractivity contribution in [1.29, 1.82) is 0 Å². The van der Waals surface area contributed by atoms with Crippen LogP contribution in [0.4, 0.5) is 5.69 Å². The van der Waals surface area contributed by atoms with Gasteiger partial charge in [-0.05, 0) is 62.6 Å². The Balaban J connectivity index is 1.87. The van der Waals surface area contributed by atoms with E-state index in [9.17, 15) is 9.59 Å². The van der Waals surface area contributed by atoms with Crippen LogP contribution >= 0.6 is 11.8 Å². The second-order valence-corrected chi connectivity index (χ2v) is 7.33. The molecule has 2 heterocycles. The Morgan fingerprint density at radius 3 is 2.65 bits per heavy atom. The Bertz CT molecular complexity index is 864. The average Bonchev–Trinajstić information content (AvgIpc) is 3.11. The minimum absolute atomic E-state index is 0.110. The molecule has 1 aromatic carbocycles. The van der Waals surface area contributed by atoms with Crippen molar-refractivity contribution in [3.63, 3.8) is 0 Å². The summed E-state index contributed by atoms with van der Waals surface area (Å²) in [5.41, 5.74) is 4.75. The maximum Gasteiger partial charge on any atom is 0.257 e. The molecule has 0 unspecified atom stereocenters. The Kier molecular flexibility index (Phi) is 5.52. The number of carbonyl (C=O) groups excluding carboxylic acids is 2. The van der Waals surface area contributed by atoms with Crippen LogP contribution in [0.2, 0.25) is 0 Å². The lowest BCUT2D eigenvalue weighted by Gasteiger charge is -2.07. The number of aromatic nitrogens is 1. The zero-order valence-electron chi connectivity index (χ0n) is 15.3. The molecule has 0 fully saturated rings. The van der Waals surface area contributed by atoms with E-state index in [-0.39, 0.29) is 11.8 Å². The molecule has 2 amide bonds. The van der Waals surface area contributed by atoms with E-state index in [1.807, 2.05) is 43.0 Å². The first-order valence-corrected chi connectivity index (χ1v) is 10.00. The summed E-state index contributed by atoms with van der Waals surface area (Å²) >= 11 is 1.76. The highest BCUT2D eigenvalue weighted by atomic mass is 32.2. The number of thioether (sulfide) groups is 1. The van der Waals surface area contributed by atoms with E-state index in [4.69, 9.17) is 0 Å². The Morgan fingerprint density at radius 2 is 1.96 bits per heavy atom. The predicted molar refractivity (Wildman–Crippen MR) is 108 cm³/mol. The molecule has 0 atom stereocenters. The molecule has 0 saturated heterocycles. The molecule has 3 rings (SSSR count). The van der Waals surface area contributed by atoms with Gasteiger partial charge in [-0.15, -0.1) is 0 Å². The van der Waals surface area contributed by atoms with E-state index in [1.54, 1.807) is 30.0 Å². The van der Waals surface area contributed by atoms with Crippen molar-refractivity contribution in [1.82, 2.24) is 9.88 Å². The number of aryl methyl sites for hydroxylation is 2. The second kappa shape index (κ2) is 7.83. The highest BCUT2D eigenvalue weighted by molar-refractivity contribution is 7.98. The molecular formula is C20H23N3O2S. The number of fused-ring (bicyclic) bond motifs is 1. The highest BCUT2D eigenvalue weighted by Crippen LogP contribution is 2.33. The van der Waals surface area contributed by atoms with Crippen LogP contribution in [0, 0.1) is 13.8 Å². The van der Waals surface area contributed by atoms with Crippen molar-refractivity contribution in [2.75, 3.05) is 23.9 Å². The van der Waals surface area contributed by atoms with Crippen LogP contribution in [-0.2, 0) is 4.79 Å². The van der Waals surface area contributed by atoms with Gasteiger partial charge in [0.15, 0.2) is 0 Å². The molecule has 5 nitrogen and oxygen atoms in total. The van der Waals surface area contributed by atoms with Crippen molar-refractivity contribution in [2.24, 2.45) is 0 Å².